The number of hydrogen-bond donors (Lipinski definition) is 2. The van der Waals surface area contributed by atoms with E-state index < -0.39 is 23.2 Å². The van der Waals surface area contributed by atoms with Crippen molar-refractivity contribution in [2.45, 2.75) is 20.4 Å². The number of carbonyl (C=O) groups is 1. The van der Waals surface area contributed by atoms with Crippen LogP contribution in [-0.2, 0) is 6.54 Å². The van der Waals surface area contributed by atoms with Crippen molar-refractivity contribution in [1.82, 2.24) is 25.2 Å². The Bertz CT molecular complexity index is 1380. The first-order valence-corrected chi connectivity index (χ1v) is 10.8. The lowest BCUT2D eigenvalue weighted by Crippen LogP contribution is -2.46. The maximum atomic E-state index is 15.3. The van der Waals surface area contributed by atoms with E-state index in [9.17, 15) is 14.0 Å². The van der Waals surface area contributed by atoms with Crippen LogP contribution >= 0.6 is 0 Å². The van der Waals surface area contributed by atoms with Gasteiger partial charge in [0.2, 0.25) is 5.95 Å². The lowest BCUT2D eigenvalue weighted by atomic mass is 10.1. The van der Waals surface area contributed by atoms with E-state index >= 15 is 4.39 Å². The molecular formula is C24H24F2N6O2. The zero-order chi connectivity index (χ0) is 24.4. The second-order valence-electron chi connectivity index (χ2n) is 8.00. The molecule has 1 aliphatic heterocycles. The van der Waals surface area contributed by atoms with Crippen molar-refractivity contribution in [2.75, 3.05) is 38.1 Å². The topological polar surface area (TPSA) is 94.2 Å². The van der Waals surface area contributed by atoms with E-state index in [0.717, 1.165) is 0 Å². The molecule has 34 heavy (non-hydrogen) atoms. The molecule has 0 saturated carbocycles. The minimum Gasteiger partial charge on any atom is -0.365 e. The number of nitrogens with zero attached hydrogens (tertiary/aromatic N) is 4. The Balaban J connectivity index is 1.53. The molecule has 0 spiro atoms. The molecule has 3 aromatic rings. The normalized spacial score (nSPS) is 14.1. The van der Waals surface area contributed by atoms with Gasteiger partial charge in [0.05, 0.1) is 11.3 Å². The first kappa shape index (κ1) is 23.3. The number of fused-ring (bicyclic) bond motifs is 1. The zero-order valence-electron chi connectivity index (χ0n) is 19.1. The molecule has 2 aromatic heterocycles. The Hall–Kier alpha value is -3.84. The van der Waals surface area contributed by atoms with Crippen LogP contribution in [0.25, 0.3) is 11.0 Å². The number of carbonyl (C=O) groups excluding carboxylic acids is 1. The predicted octanol–water partition coefficient (Wildman–Crippen LogP) is 1.96. The van der Waals surface area contributed by atoms with Crippen LogP contribution in [0.2, 0.25) is 0 Å². The number of aromatic amines is 1. The standard InChI is InChI=1S/C24H24F2N6O2/c1-4-5-15-12-16(19(25)21-20(15)28-14(2)23(33)30-21)13-31-8-10-32(11-9-31)18-7-6-17(24(34)27-3)29-22(18)26/h6-7,12H,8-11,13H2,1-3H3,(H,27,34)(H,30,33). The van der Waals surface area contributed by atoms with E-state index in [2.05, 4.69) is 32.1 Å². The number of hydrogen-bond acceptors (Lipinski definition) is 6. The average Bonchev–Trinajstić information content (AvgIpc) is 2.83. The summed E-state index contributed by atoms with van der Waals surface area (Å²) < 4.78 is 29.8. The average molecular weight is 466 g/mol. The van der Waals surface area contributed by atoms with Crippen LogP contribution in [0.5, 0.6) is 0 Å². The lowest BCUT2D eigenvalue weighted by molar-refractivity contribution is 0.0957. The third-order valence-corrected chi connectivity index (χ3v) is 5.81. The Morgan fingerprint density at radius 2 is 1.94 bits per heavy atom. The molecule has 1 fully saturated rings. The molecule has 0 bridgehead atoms. The van der Waals surface area contributed by atoms with E-state index in [-0.39, 0.29) is 16.9 Å². The van der Waals surface area contributed by atoms with Gasteiger partial charge in [-0.05, 0) is 32.0 Å². The first-order valence-electron chi connectivity index (χ1n) is 10.8. The van der Waals surface area contributed by atoms with E-state index in [0.29, 0.717) is 55.1 Å². The Kier molecular flexibility index (Phi) is 6.56. The molecule has 1 saturated heterocycles. The fourth-order valence-electron chi connectivity index (χ4n) is 4.01. The summed E-state index contributed by atoms with van der Waals surface area (Å²) in [6.07, 6.45) is 0. The number of H-pyrrole nitrogens is 1. The molecule has 8 nitrogen and oxygen atoms in total. The van der Waals surface area contributed by atoms with Gasteiger partial charge in [-0.15, -0.1) is 5.92 Å². The number of halogens is 2. The van der Waals surface area contributed by atoms with Gasteiger partial charge in [0.15, 0.2) is 5.82 Å². The fourth-order valence-corrected chi connectivity index (χ4v) is 4.01. The van der Waals surface area contributed by atoms with Crippen LogP contribution in [0.15, 0.2) is 23.0 Å². The molecule has 2 N–H and O–H groups in total. The number of benzene rings is 1. The number of anilines is 1. The molecule has 0 radical (unpaired) electrons. The highest BCUT2D eigenvalue weighted by Gasteiger charge is 2.23. The molecule has 0 atom stereocenters. The van der Waals surface area contributed by atoms with Gasteiger partial charge >= 0.3 is 0 Å². The number of amides is 1. The number of aryl methyl sites for hydroxylation is 1. The highest BCUT2D eigenvalue weighted by Crippen LogP contribution is 2.24. The van der Waals surface area contributed by atoms with E-state index in [1.165, 1.54) is 13.1 Å². The monoisotopic (exact) mass is 466 g/mol. The molecule has 0 aliphatic carbocycles. The number of pyridine rings is 1. The van der Waals surface area contributed by atoms with Crippen LogP contribution in [0, 0.1) is 30.5 Å². The van der Waals surface area contributed by atoms with Crippen LogP contribution in [0.3, 0.4) is 0 Å². The van der Waals surface area contributed by atoms with Gasteiger partial charge in [0, 0.05) is 45.3 Å². The van der Waals surface area contributed by atoms with Crippen molar-refractivity contribution >= 4 is 22.6 Å². The van der Waals surface area contributed by atoms with Gasteiger partial charge in [0.25, 0.3) is 11.5 Å². The van der Waals surface area contributed by atoms with E-state index in [1.54, 1.807) is 26.0 Å². The summed E-state index contributed by atoms with van der Waals surface area (Å²) in [5, 5.41) is 2.42. The van der Waals surface area contributed by atoms with E-state index in [4.69, 9.17) is 0 Å². The quantitative estimate of drug-likeness (QED) is 0.451. The molecule has 10 heteroatoms. The summed E-state index contributed by atoms with van der Waals surface area (Å²) >= 11 is 0. The molecule has 4 rings (SSSR count). The molecule has 1 amide bonds. The Morgan fingerprint density at radius 1 is 1.21 bits per heavy atom. The van der Waals surface area contributed by atoms with Crippen molar-refractivity contribution in [2.24, 2.45) is 0 Å². The van der Waals surface area contributed by atoms with Crippen molar-refractivity contribution in [3.63, 3.8) is 0 Å². The van der Waals surface area contributed by atoms with Gasteiger partial charge in [-0.25, -0.2) is 14.4 Å². The van der Waals surface area contributed by atoms with Crippen molar-refractivity contribution in [3.8, 4) is 11.8 Å². The van der Waals surface area contributed by atoms with Crippen molar-refractivity contribution in [1.29, 1.82) is 0 Å². The SMILES string of the molecule is CC#Cc1cc(CN2CCN(c3ccc(C(=O)NC)nc3F)CC2)c(F)c2[nH]c(=O)c(C)nc12. The summed E-state index contributed by atoms with van der Waals surface area (Å²) in [6, 6.07) is 4.71. The van der Waals surface area contributed by atoms with Gasteiger partial charge in [-0.3, -0.25) is 14.5 Å². The highest BCUT2D eigenvalue weighted by molar-refractivity contribution is 5.92. The number of rotatable bonds is 4. The molecule has 1 aromatic carbocycles. The summed E-state index contributed by atoms with van der Waals surface area (Å²) in [5.74, 6) is 4.08. The summed E-state index contributed by atoms with van der Waals surface area (Å²) in [6.45, 7) is 5.69. The molecular weight excluding hydrogens is 442 g/mol. The van der Waals surface area contributed by atoms with Gasteiger partial charge in [-0.1, -0.05) is 5.92 Å². The number of nitrogens with one attached hydrogen (secondary N) is 2. The van der Waals surface area contributed by atoms with Gasteiger partial charge < -0.3 is 15.2 Å². The van der Waals surface area contributed by atoms with Crippen molar-refractivity contribution < 1.29 is 13.6 Å². The van der Waals surface area contributed by atoms with Crippen LogP contribution < -0.4 is 15.8 Å². The summed E-state index contributed by atoms with van der Waals surface area (Å²) in [7, 11) is 1.46. The van der Waals surface area contributed by atoms with E-state index in [1.807, 2.05) is 9.80 Å². The highest BCUT2D eigenvalue weighted by atomic mass is 19.1. The van der Waals surface area contributed by atoms with Crippen LogP contribution in [0.4, 0.5) is 14.5 Å². The second kappa shape index (κ2) is 9.57. The smallest absolute Gasteiger partial charge is 0.269 e. The predicted molar refractivity (Wildman–Crippen MR) is 125 cm³/mol. The number of piperazine rings is 1. The summed E-state index contributed by atoms with van der Waals surface area (Å²) in [5.41, 5.74) is 1.49. The Labute approximate surface area is 195 Å². The Morgan fingerprint density at radius 3 is 2.59 bits per heavy atom. The van der Waals surface area contributed by atoms with Crippen LogP contribution in [-0.4, -0.2) is 59.0 Å². The zero-order valence-corrected chi connectivity index (χ0v) is 19.1. The number of aromatic nitrogens is 3. The van der Waals surface area contributed by atoms with Gasteiger partial charge in [0.1, 0.15) is 22.4 Å². The second-order valence-corrected chi connectivity index (χ2v) is 8.00. The molecule has 3 heterocycles. The van der Waals surface area contributed by atoms with Crippen molar-refractivity contribution in [3.05, 3.63) is 62.8 Å². The fraction of sp³-hybridized carbons (Fsp3) is 0.333. The first-order chi connectivity index (χ1) is 16.3. The summed E-state index contributed by atoms with van der Waals surface area (Å²) in [4.78, 5) is 38.2. The molecule has 1 aliphatic rings. The third kappa shape index (κ3) is 4.47. The largest absolute Gasteiger partial charge is 0.365 e. The minimum absolute atomic E-state index is 0.0165. The maximum absolute atomic E-state index is 15.3. The maximum Gasteiger partial charge on any atom is 0.269 e. The third-order valence-electron chi connectivity index (χ3n) is 5.81. The molecule has 0 unspecified atom stereocenters. The van der Waals surface area contributed by atoms with Crippen LogP contribution in [0.1, 0.15) is 34.2 Å². The minimum atomic E-state index is -0.704. The molecule has 176 valence electrons. The van der Waals surface area contributed by atoms with Gasteiger partial charge in [-0.2, -0.15) is 4.39 Å². The lowest BCUT2D eigenvalue weighted by Gasteiger charge is -2.36.